The molecule has 0 saturated heterocycles. The molecular weight excluding hydrogens is 427 g/mol. The van der Waals surface area contributed by atoms with E-state index in [2.05, 4.69) is 91.0 Å². The molecule has 166 valence electrons. The van der Waals surface area contributed by atoms with Crippen molar-refractivity contribution >= 4 is 29.5 Å². The average molecular weight is 456 g/mol. The Hall–Kier alpha value is -3.42. The fraction of sp³-hybridized carbons (Fsp3) is 0.138. The minimum Gasteiger partial charge on any atom is -0.507 e. The van der Waals surface area contributed by atoms with Gasteiger partial charge < -0.3 is 9.84 Å². The van der Waals surface area contributed by atoms with Crippen LogP contribution in [-0.2, 0) is 0 Å². The summed E-state index contributed by atoms with van der Waals surface area (Å²) in [5, 5.41) is 14.0. The molecule has 0 atom stereocenters. The molecular formula is C29H28O3P+. The van der Waals surface area contributed by atoms with E-state index in [-0.39, 0.29) is 11.3 Å². The zero-order chi connectivity index (χ0) is 22.9. The Labute approximate surface area is 196 Å². The van der Waals surface area contributed by atoms with E-state index in [1.807, 2.05) is 0 Å². The maximum absolute atomic E-state index is 10.9. The monoisotopic (exact) mass is 455 g/mol. The fourth-order valence-electron chi connectivity index (χ4n) is 4.24. The lowest BCUT2D eigenvalue weighted by atomic mass is 10.2. The van der Waals surface area contributed by atoms with Gasteiger partial charge in [-0.1, -0.05) is 54.6 Å². The van der Waals surface area contributed by atoms with E-state index in [0.717, 1.165) is 19.0 Å². The molecule has 4 heteroatoms. The predicted molar refractivity (Wildman–Crippen MR) is 138 cm³/mol. The van der Waals surface area contributed by atoms with Crippen molar-refractivity contribution in [1.29, 1.82) is 0 Å². The number of ether oxygens (including phenoxy) is 1. The second-order valence-electron chi connectivity index (χ2n) is 7.93. The Bertz CT molecular complexity index is 1060. The van der Waals surface area contributed by atoms with Crippen molar-refractivity contribution in [1.82, 2.24) is 0 Å². The first kappa shape index (κ1) is 22.8. The molecule has 33 heavy (non-hydrogen) atoms. The Balaban J connectivity index is 1.56. The number of aldehydes is 1. The molecule has 0 aliphatic carbocycles. The largest absolute Gasteiger partial charge is 0.507 e. The number of phenolic OH excluding ortho intramolecular Hbond substituents is 1. The third kappa shape index (κ3) is 5.16. The van der Waals surface area contributed by atoms with Crippen LogP contribution in [0.4, 0.5) is 0 Å². The van der Waals surface area contributed by atoms with Gasteiger partial charge in [0.05, 0.1) is 18.3 Å². The van der Waals surface area contributed by atoms with Gasteiger partial charge in [-0.25, -0.2) is 0 Å². The summed E-state index contributed by atoms with van der Waals surface area (Å²) in [6, 6.07) is 37.4. The van der Waals surface area contributed by atoms with Gasteiger partial charge in [0.2, 0.25) is 0 Å². The van der Waals surface area contributed by atoms with Crippen molar-refractivity contribution < 1.29 is 14.6 Å². The van der Waals surface area contributed by atoms with Gasteiger partial charge in [-0.15, -0.1) is 0 Å². The van der Waals surface area contributed by atoms with Gasteiger partial charge in [0.1, 0.15) is 34.7 Å². The Kier molecular flexibility index (Phi) is 7.55. The number of carbonyl (C=O) groups is 1. The second-order valence-corrected chi connectivity index (χ2v) is 11.5. The second kappa shape index (κ2) is 10.9. The van der Waals surface area contributed by atoms with Crippen LogP contribution in [0, 0.1) is 0 Å². The molecule has 0 radical (unpaired) electrons. The highest BCUT2D eigenvalue weighted by atomic mass is 31.2. The number of benzene rings is 4. The summed E-state index contributed by atoms with van der Waals surface area (Å²) >= 11 is 0. The molecule has 4 aromatic rings. The van der Waals surface area contributed by atoms with Gasteiger partial charge >= 0.3 is 0 Å². The van der Waals surface area contributed by atoms with Crippen molar-refractivity contribution in [3.8, 4) is 11.5 Å². The minimum absolute atomic E-state index is 0.0512. The third-order valence-corrected chi connectivity index (χ3v) is 10.4. The molecule has 0 fully saturated rings. The standard InChI is InChI=1S/C29H27O3P/c30-23-24-18-19-25(22-29(24)31)32-20-10-11-21-33(26-12-4-1-5-13-26,27-14-6-2-7-15-27)28-16-8-3-9-17-28/h1-9,12-19,22-23H,10-11,20-21H2/p+1. The molecule has 0 saturated carbocycles. The number of phenols is 1. The topological polar surface area (TPSA) is 46.5 Å². The molecule has 0 heterocycles. The number of unbranched alkanes of at least 4 members (excludes halogenated alkanes) is 1. The molecule has 4 rings (SSSR count). The number of carbonyl (C=O) groups excluding carboxylic acids is 1. The van der Waals surface area contributed by atoms with E-state index in [4.69, 9.17) is 4.74 Å². The SMILES string of the molecule is O=Cc1ccc(OCCCC[P+](c2ccccc2)(c2ccccc2)c2ccccc2)cc1O. The van der Waals surface area contributed by atoms with E-state index in [9.17, 15) is 9.90 Å². The summed E-state index contributed by atoms with van der Waals surface area (Å²) in [7, 11) is -1.82. The van der Waals surface area contributed by atoms with Gasteiger partial charge in [-0.2, -0.15) is 0 Å². The van der Waals surface area contributed by atoms with Crippen LogP contribution in [0.5, 0.6) is 11.5 Å². The van der Waals surface area contributed by atoms with Crippen molar-refractivity contribution in [2.24, 2.45) is 0 Å². The summed E-state index contributed by atoms with van der Waals surface area (Å²) in [5.41, 5.74) is 0.269. The summed E-state index contributed by atoms with van der Waals surface area (Å²) < 4.78 is 5.85. The van der Waals surface area contributed by atoms with E-state index in [0.29, 0.717) is 18.6 Å². The van der Waals surface area contributed by atoms with Crippen LogP contribution >= 0.6 is 7.26 Å². The molecule has 0 aliphatic rings. The maximum atomic E-state index is 10.9. The lowest BCUT2D eigenvalue weighted by Gasteiger charge is -2.27. The molecule has 1 N–H and O–H groups in total. The lowest BCUT2D eigenvalue weighted by Crippen LogP contribution is -2.33. The van der Waals surface area contributed by atoms with Gasteiger partial charge in [0, 0.05) is 6.07 Å². The zero-order valence-corrected chi connectivity index (χ0v) is 19.4. The van der Waals surface area contributed by atoms with Crippen molar-refractivity contribution in [3.05, 3.63) is 115 Å². The van der Waals surface area contributed by atoms with Gasteiger partial charge in [0.15, 0.2) is 6.29 Å². The lowest BCUT2D eigenvalue weighted by molar-refractivity contribution is 0.112. The van der Waals surface area contributed by atoms with E-state index >= 15 is 0 Å². The third-order valence-electron chi connectivity index (χ3n) is 5.88. The molecule has 0 aliphatic heterocycles. The number of hydrogen-bond donors (Lipinski definition) is 1. The van der Waals surface area contributed by atoms with Crippen LogP contribution < -0.4 is 20.7 Å². The first-order chi connectivity index (χ1) is 16.2. The zero-order valence-electron chi connectivity index (χ0n) is 18.5. The Morgan fingerprint density at radius 1 is 0.697 bits per heavy atom. The normalized spacial score (nSPS) is 11.2. The molecule has 4 aromatic carbocycles. The van der Waals surface area contributed by atoms with Crippen LogP contribution in [0.2, 0.25) is 0 Å². The van der Waals surface area contributed by atoms with Crippen LogP contribution in [0.1, 0.15) is 23.2 Å². The van der Waals surface area contributed by atoms with Crippen LogP contribution in [-0.4, -0.2) is 24.2 Å². The summed E-state index contributed by atoms with van der Waals surface area (Å²) in [6.07, 6.45) is 3.58. The van der Waals surface area contributed by atoms with Crippen LogP contribution in [0.25, 0.3) is 0 Å². The predicted octanol–water partition coefficient (Wildman–Crippen LogP) is 5.36. The van der Waals surface area contributed by atoms with E-state index in [1.54, 1.807) is 12.1 Å². The summed E-state index contributed by atoms with van der Waals surface area (Å²) in [4.78, 5) is 10.9. The van der Waals surface area contributed by atoms with Crippen molar-refractivity contribution in [2.45, 2.75) is 12.8 Å². The Morgan fingerprint density at radius 2 is 1.21 bits per heavy atom. The summed E-state index contributed by atoms with van der Waals surface area (Å²) in [5.74, 6) is 0.526. The van der Waals surface area contributed by atoms with Crippen molar-refractivity contribution in [2.75, 3.05) is 12.8 Å². The highest BCUT2D eigenvalue weighted by Gasteiger charge is 2.44. The molecule has 0 spiro atoms. The van der Waals surface area contributed by atoms with Crippen molar-refractivity contribution in [3.63, 3.8) is 0 Å². The molecule has 0 unspecified atom stereocenters. The average Bonchev–Trinajstić information content (AvgIpc) is 2.88. The van der Waals surface area contributed by atoms with Gasteiger partial charge in [0.25, 0.3) is 0 Å². The quantitative estimate of drug-likeness (QED) is 0.199. The minimum atomic E-state index is -1.82. The highest BCUT2D eigenvalue weighted by molar-refractivity contribution is 7.95. The first-order valence-electron chi connectivity index (χ1n) is 11.2. The van der Waals surface area contributed by atoms with Gasteiger partial charge in [-0.05, 0) is 61.4 Å². The van der Waals surface area contributed by atoms with Gasteiger partial charge in [-0.3, -0.25) is 4.79 Å². The molecule has 0 amide bonds. The molecule has 3 nitrogen and oxygen atoms in total. The van der Waals surface area contributed by atoms with E-state index < -0.39 is 7.26 Å². The fourth-order valence-corrected chi connectivity index (χ4v) is 8.65. The first-order valence-corrected chi connectivity index (χ1v) is 13.2. The highest BCUT2D eigenvalue weighted by Crippen LogP contribution is 2.55. The summed E-state index contributed by atoms with van der Waals surface area (Å²) in [6.45, 7) is 0.554. The number of hydrogen-bond acceptors (Lipinski definition) is 3. The van der Waals surface area contributed by atoms with Crippen LogP contribution in [0.15, 0.2) is 109 Å². The number of aromatic hydroxyl groups is 1. The van der Waals surface area contributed by atoms with Crippen LogP contribution in [0.3, 0.4) is 0 Å². The molecule has 0 bridgehead atoms. The van der Waals surface area contributed by atoms with E-state index in [1.165, 1.54) is 22.0 Å². The maximum Gasteiger partial charge on any atom is 0.153 e. The Morgan fingerprint density at radius 3 is 1.67 bits per heavy atom. The number of rotatable bonds is 10. The molecule has 0 aromatic heterocycles. The smallest absolute Gasteiger partial charge is 0.153 e.